The van der Waals surface area contributed by atoms with Gasteiger partial charge in [0.25, 0.3) is 0 Å². The van der Waals surface area contributed by atoms with E-state index in [0.717, 1.165) is 43.3 Å². The summed E-state index contributed by atoms with van der Waals surface area (Å²) in [5.41, 5.74) is 3.39. The van der Waals surface area contributed by atoms with E-state index in [9.17, 15) is 0 Å². The van der Waals surface area contributed by atoms with Crippen molar-refractivity contribution < 1.29 is 0 Å². The molecule has 1 aliphatic heterocycles. The smallest absolute Gasteiger partial charge is 0.132 e. The van der Waals surface area contributed by atoms with Crippen molar-refractivity contribution in [3.8, 4) is 11.3 Å². The SMILES string of the molecule is Cc1cccc(-c2cc(N3CCNCC3)ncn2)c1. The molecule has 2 aromatic rings. The second-order valence-corrected chi connectivity index (χ2v) is 4.87. The second kappa shape index (κ2) is 5.36. The van der Waals surface area contributed by atoms with E-state index >= 15 is 0 Å². The lowest BCUT2D eigenvalue weighted by atomic mass is 10.1. The Hall–Kier alpha value is -1.94. The molecule has 1 aliphatic rings. The molecule has 1 aromatic carbocycles. The molecule has 0 saturated carbocycles. The molecule has 0 unspecified atom stereocenters. The van der Waals surface area contributed by atoms with Crippen LogP contribution in [-0.2, 0) is 0 Å². The molecule has 0 atom stereocenters. The molecule has 0 bridgehead atoms. The number of aromatic nitrogens is 2. The van der Waals surface area contributed by atoms with Gasteiger partial charge in [0.1, 0.15) is 12.1 Å². The molecule has 0 amide bonds. The van der Waals surface area contributed by atoms with Crippen LogP contribution in [0.25, 0.3) is 11.3 Å². The topological polar surface area (TPSA) is 41.0 Å². The Bertz CT molecular complexity index is 562. The van der Waals surface area contributed by atoms with E-state index in [0.29, 0.717) is 0 Å². The van der Waals surface area contributed by atoms with Crippen molar-refractivity contribution in [2.75, 3.05) is 31.1 Å². The number of rotatable bonds is 2. The summed E-state index contributed by atoms with van der Waals surface area (Å²) in [6.07, 6.45) is 1.66. The highest BCUT2D eigenvalue weighted by atomic mass is 15.2. The lowest BCUT2D eigenvalue weighted by molar-refractivity contribution is 0.584. The van der Waals surface area contributed by atoms with Crippen LogP contribution in [0.2, 0.25) is 0 Å². The van der Waals surface area contributed by atoms with Crippen molar-refractivity contribution in [1.82, 2.24) is 15.3 Å². The Morgan fingerprint density at radius 3 is 2.74 bits per heavy atom. The van der Waals surface area contributed by atoms with Gasteiger partial charge in [-0.15, -0.1) is 0 Å². The van der Waals surface area contributed by atoms with E-state index in [1.807, 2.05) is 0 Å². The van der Waals surface area contributed by atoms with E-state index in [1.165, 1.54) is 5.56 Å². The molecule has 0 spiro atoms. The van der Waals surface area contributed by atoms with E-state index in [4.69, 9.17) is 0 Å². The predicted molar refractivity (Wildman–Crippen MR) is 77.3 cm³/mol. The Balaban J connectivity index is 1.91. The summed E-state index contributed by atoms with van der Waals surface area (Å²) in [7, 11) is 0. The number of piperazine rings is 1. The van der Waals surface area contributed by atoms with Gasteiger partial charge in [0.2, 0.25) is 0 Å². The number of benzene rings is 1. The van der Waals surface area contributed by atoms with Crippen molar-refractivity contribution in [2.45, 2.75) is 6.92 Å². The zero-order chi connectivity index (χ0) is 13.1. The highest BCUT2D eigenvalue weighted by Crippen LogP contribution is 2.21. The Morgan fingerprint density at radius 2 is 1.95 bits per heavy atom. The average molecular weight is 254 g/mol. The molecule has 1 fully saturated rings. The summed E-state index contributed by atoms with van der Waals surface area (Å²) in [5, 5.41) is 3.35. The van der Waals surface area contributed by atoms with Gasteiger partial charge in [-0.2, -0.15) is 0 Å². The standard InChI is InChI=1S/C15H18N4/c1-12-3-2-4-13(9-12)14-10-15(18-11-17-14)19-7-5-16-6-8-19/h2-4,9-11,16H,5-8H2,1H3. The summed E-state index contributed by atoms with van der Waals surface area (Å²) in [4.78, 5) is 11.1. The van der Waals surface area contributed by atoms with Gasteiger partial charge < -0.3 is 10.2 Å². The van der Waals surface area contributed by atoms with Crippen molar-refractivity contribution >= 4 is 5.82 Å². The van der Waals surface area contributed by atoms with Crippen LogP contribution in [0.1, 0.15) is 5.56 Å². The van der Waals surface area contributed by atoms with Gasteiger partial charge in [-0.05, 0) is 13.0 Å². The number of hydrogen-bond donors (Lipinski definition) is 1. The Kier molecular flexibility index (Phi) is 3.42. The first kappa shape index (κ1) is 12.1. The van der Waals surface area contributed by atoms with Crippen LogP contribution in [-0.4, -0.2) is 36.1 Å². The van der Waals surface area contributed by atoms with Crippen LogP contribution in [0.3, 0.4) is 0 Å². The lowest BCUT2D eigenvalue weighted by Crippen LogP contribution is -2.43. The molecule has 1 aromatic heterocycles. The molecule has 2 heterocycles. The van der Waals surface area contributed by atoms with E-state index in [-0.39, 0.29) is 0 Å². The van der Waals surface area contributed by atoms with Crippen LogP contribution in [0.5, 0.6) is 0 Å². The lowest BCUT2D eigenvalue weighted by Gasteiger charge is -2.28. The molecular weight excluding hydrogens is 236 g/mol. The summed E-state index contributed by atoms with van der Waals surface area (Å²) >= 11 is 0. The number of nitrogens with one attached hydrogen (secondary N) is 1. The van der Waals surface area contributed by atoms with Gasteiger partial charge in [-0.3, -0.25) is 0 Å². The molecule has 1 N–H and O–H groups in total. The van der Waals surface area contributed by atoms with E-state index in [2.05, 4.69) is 57.4 Å². The van der Waals surface area contributed by atoms with Gasteiger partial charge >= 0.3 is 0 Å². The van der Waals surface area contributed by atoms with Crippen molar-refractivity contribution in [2.24, 2.45) is 0 Å². The van der Waals surface area contributed by atoms with Gasteiger partial charge in [0.05, 0.1) is 5.69 Å². The normalized spacial score (nSPS) is 15.5. The zero-order valence-corrected chi connectivity index (χ0v) is 11.1. The van der Waals surface area contributed by atoms with E-state index < -0.39 is 0 Å². The minimum absolute atomic E-state index is 0.993. The molecule has 1 saturated heterocycles. The summed E-state index contributed by atoms with van der Waals surface area (Å²) in [6.45, 7) is 6.14. The first-order valence-electron chi connectivity index (χ1n) is 6.68. The van der Waals surface area contributed by atoms with Crippen LogP contribution < -0.4 is 10.2 Å². The Morgan fingerprint density at radius 1 is 1.11 bits per heavy atom. The number of aryl methyl sites for hydroxylation is 1. The summed E-state index contributed by atoms with van der Waals surface area (Å²) in [6, 6.07) is 10.5. The van der Waals surface area contributed by atoms with Crippen LogP contribution in [0.4, 0.5) is 5.82 Å². The molecule has 98 valence electrons. The third-order valence-corrected chi connectivity index (χ3v) is 3.41. The zero-order valence-electron chi connectivity index (χ0n) is 11.1. The van der Waals surface area contributed by atoms with Crippen LogP contribution in [0.15, 0.2) is 36.7 Å². The fourth-order valence-corrected chi connectivity index (χ4v) is 2.38. The summed E-state index contributed by atoms with van der Waals surface area (Å²) in [5.74, 6) is 1.02. The largest absolute Gasteiger partial charge is 0.354 e. The molecule has 19 heavy (non-hydrogen) atoms. The highest BCUT2D eigenvalue weighted by molar-refractivity contribution is 5.63. The fraction of sp³-hybridized carbons (Fsp3) is 0.333. The van der Waals surface area contributed by atoms with Gasteiger partial charge in [-0.1, -0.05) is 23.8 Å². The molecular formula is C15H18N4. The molecule has 4 heteroatoms. The van der Waals surface area contributed by atoms with Crippen molar-refractivity contribution in [3.05, 3.63) is 42.2 Å². The predicted octanol–water partition coefficient (Wildman–Crippen LogP) is 1.86. The van der Waals surface area contributed by atoms with Crippen LogP contribution in [0, 0.1) is 6.92 Å². The summed E-state index contributed by atoms with van der Waals surface area (Å²) < 4.78 is 0. The monoisotopic (exact) mass is 254 g/mol. The first-order chi connectivity index (χ1) is 9.33. The maximum absolute atomic E-state index is 4.40. The number of hydrogen-bond acceptors (Lipinski definition) is 4. The van der Waals surface area contributed by atoms with Crippen molar-refractivity contribution in [1.29, 1.82) is 0 Å². The minimum atomic E-state index is 0.993. The quantitative estimate of drug-likeness (QED) is 0.888. The molecule has 0 aliphatic carbocycles. The minimum Gasteiger partial charge on any atom is -0.354 e. The number of anilines is 1. The van der Waals surface area contributed by atoms with Crippen LogP contribution >= 0.6 is 0 Å². The molecule has 0 radical (unpaired) electrons. The van der Waals surface area contributed by atoms with E-state index in [1.54, 1.807) is 6.33 Å². The molecule has 3 rings (SSSR count). The third kappa shape index (κ3) is 2.74. The van der Waals surface area contributed by atoms with Gasteiger partial charge in [-0.25, -0.2) is 9.97 Å². The maximum Gasteiger partial charge on any atom is 0.132 e. The average Bonchev–Trinajstić information content (AvgIpc) is 2.48. The second-order valence-electron chi connectivity index (χ2n) is 4.87. The third-order valence-electron chi connectivity index (χ3n) is 3.41. The molecule has 4 nitrogen and oxygen atoms in total. The maximum atomic E-state index is 4.40. The Labute approximate surface area is 113 Å². The number of nitrogens with zero attached hydrogens (tertiary/aromatic N) is 3. The van der Waals surface area contributed by atoms with Gasteiger partial charge in [0, 0.05) is 37.8 Å². The van der Waals surface area contributed by atoms with Gasteiger partial charge in [0.15, 0.2) is 0 Å². The first-order valence-corrected chi connectivity index (χ1v) is 6.68. The van der Waals surface area contributed by atoms with Crippen molar-refractivity contribution in [3.63, 3.8) is 0 Å². The highest BCUT2D eigenvalue weighted by Gasteiger charge is 2.12. The fourth-order valence-electron chi connectivity index (χ4n) is 2.38.